The third kappa shape index (κ3) is 36.6. The summed E-state index contributed by atoms with van der Waals surface area (Å²) in [6.45, 7) is 0.258. The molecule has 0 fully saturated rings. The van der Waals surface area contributed by atoms with Crippen LogP contribution in [0.15, 0.2) is 30.0 Å². The van der Waals surface area contributed by atoms with Crippen molar-refractivity contribution in [2.45, 2.75) is 132 Å². The highest BCUT2D eigenvalue weighted by molar-refractivity contribution is 7.80. The van der Waals surface area contributed by atoms with Gasteiger partial charge in [0.1, 0.15) is 54.9 Å². The van der Waals surface area contributed by atoms with Crippen LogP contribution in [0, 0.1) is 0 Å². The Kier molecular flexibility index (Phi) is 39.1. The van der Waals surface area contributed by atoms with Gasteiger partial charge >= 0.3 is 5.97 Å². The Morgan fingerprint density at radius 3 is 0.686 bits per heavy atom. The average Bonchev–Trinajstić information content (AvgIpc) is 3.22. The molecule has 40 heteroatoms. The molecule has 0 aliphatic heterocycles. The first-order valence-electron chi connectivity index (χ1n) is 26.9. The van der Waals surface area contributed by atoms with E-state index in [1.165, 1.54) is 6.92 Å². The van der Waals surface area contributed by atoms with E-state index in [1.807, 2.05) is 0 Å². The number of aliphatic carboxylic acids is 1. The molecule has 8 atom stereocenters. The summed E-state index contributed by atoms with van der Waals surface area (Å²) >= 11 is 8.25. The second kappa shape index (κ2) is 43.6. The molecular weight excluding hydrogens is 1170 g/mol. The van der Waals surface area contributed by atoms with Crippen molar-refractivity contribution in [2.24, 2.45) is 98.8 Å². The van der Waals surface area contributed by atoms with Gasteiger partial charge in [0.2, 0.25) is 53.2 Å². The van der Waals surface area contributed by atoms with Gasteiger partial charge in [-0.25, -0.2) is 0 Å². The topological polar surface area (TPSA) is 686 Å². The number of carboxylic acid groups (broad SMARTS) is 1. The number of rotatable bonds is 44. The smallest absolute Gasteiger partial charge is 0.322 e. The van der Waals surface area contributed by atoms with Gasteiger partial charge in [-0.2, -0.15) is 25.3 Å². The first-order valence-corrected chi connectivity index (χ1v) is 28.2. The minimum Gasteiger partial charge on any atom is -0.480 e. The second-order valence-corrected chi connectivity index (χ2v) is 19.6. The number of hydrogen-bond donors (Lipinski definition) is 24. The van der Waals surface area contributed by atoms with E-state index in [2.05, 4.69) is 103 Å². The molecule has 0 aliphatic carbocycles. The van der Waals surface area contributed by atoms with Crippen LogP contribution in [0.25, 0.3) is 0 Å². The lowest BCUT2D eigenvalue weighted by atomic mass is 10.0. The molecule has 0 aromatic rings. The predicted molar refractivity (Wildman–Crippen MR) is 329 cm³/mol. The normalized spacial score (nSPS) is 13.3. The van der Waals surface area contributed by atoms with Crippen LogP contribution in [-0.2, 0) is 47.9 Å². The van der Waals surface area contributed by atoms with Crippen LogP contribution < -0.4 is 117 Å². The van der Waals surface area contributed by atoms with Crippen molar-refractivity contribution in [3.63, 3.8) is 0 Å². The Morgan fingerprint density at radius 2 is 0.512 bits per heavy atom. The summed E-state index contributed by atoms with van der Waals surface area (Å²) in [5.41, 5.74) is 66.2. The van der Waals surface area contributed by atoms with Gasteiger partial charge in [-0.3, -0.25) is 77.9 Å². The van der Waals surface area contributed by atoms with Crippen LogP contribution in [0.2, 0.25) is 0 Å². The number of nitrogens with one attached hydrogen (secondary N) is 9. The average molecular weight is 1260 g/mol. The molecule has 0 saturated heterocycles. The molecule has 0 heterocycles. The third-order valence-corrected chi connectivity index (χ3v) is 12.3. The molecule has 9 amide bonds. The molecule has 34 N–H and O–H groups in total. The van der Waals surface area contributed by atoms with E-state index in [0.717, 1.165) is 0 Å². The molecule has 0 saturated carbocycles. The molecule has 0 radical (unpaired) electrons. The maximum atomic E-state index is 14.6. The zero-order valence-corrected chi connectivity index (χ0v) is 49.8. The van der Waals surface area contributed by atoms with Crippen molar-refractivity contribution in [1.29, 1.82) is 0 Å². The Bertz CT molecular complexity index is 2410. The molecule has 0 aromatic heterocycles. The number of carboxylic acids is 1. The highest BCUT2D eigenvalue weighted by atomic mass is 32.1. The third-order valence-electron chi connectivity index (χ3n) is 11.6. The summed E-state index contributed by atoms with van der Waals surface area (Å²) in [6.07, 6.45) is -0.522. The van der Waals surface area contributed by atoms with E-state index in [9.17, 15) is 47.9 Å². The maximum Gasteiger partial charge on any atom is 0.322 e. The van der Waals surface area contributed by atoms with Crippen molar-refractivity contribution in [3.8, 4) is 0 Å². The Balaban J connectivity index is 7.51. The lowest BCUT2D eigenvalue weighted by Gasteiger charge is -2.28. The van der Waals surface area contributed by atoms with Gasteiger partial charge in [-0.05, 0) is 77.0 Å². The molecule has 0 aromatic carbocycles. The Morgan fingerprint density at radius 1 is 0.326 bits per heavy atom. The monoisotopic (exact) mass is 1260 g/mol. The fourth-order valence-corrected chi connectivity index (χ4v) is 7.97. The lowest BCUT2D eigenvalue weighted by molar-refractivity contribution is -0.138. The SMILES string of the molecule is CC(=O)N[C@@H](CS)C(=O)N[C@@H](CCCN=C(N)N)C(=O)N[C@@H](CCCN=C(N)N)C(=O)N[C@@H](CCCN=C(N)N)C(=O)N[C@@H](CCCN=C(N)N)C(=O)N[C@@H](CCCN=C(N)N)C(=O)N[C@@H](CCCN=C(N)N)C(=O)N[C@@H](CS)C(=O)NCC(=O)O. The number of amides is 9. The van der Waals surface area contributed by atoms with E-state index in [4.69, 9.17) is 73.9 Å². The van der Waals surface area contributed by atoms with E-state index in [0.29, 0.717) is 0 Å². The molecule has 0 bridgehead atoms. The van der Waals surface area contributed by atoms with E-state index < -0.39 is 114 Å². The van der Waals surface area contributed by atoms with Gasteiger partial charge in [0, 0.05) is 57.7 Å². The highest BCUT2D eigenvalue weighted by Gasteiger charge is 2.35. The van der Waals surface area contributed by atoms with Crippen LogP contribution >= 0.6 is 25.3 Å². The largest absolute Gasteiger partial charge is 0.480 e. The first kappa shape index (κ1) is 77.0. The molecule has 0 spiro atoms. The van der Waals surface area contributed by atoms with Crippen LogP contribution in [0.5, 0.6) is 0 Å². The predicted octanol–water partition coefficient (Wildman–Crippen LogP) is -10.7. The van der Waals surface area contributed by atoms with Gasteiger partial charge in [-0.1, -0.05) is 0 Å². The van der Waals surface area contributed by atoms with Crippen molar-refractivity contribution >= 4 is 120 Å². The van der Waals surface area contributed by atoms with Gasteiger partial charge in [-0.15, -0.1) is 0 Å². The fourth-order valence-electron chi connectivity index (χ4n) is 7.46. The lowest BCUT2D eigenvalue weighted by Crippen LogP contribution is -2.60. The number of hydrogen-bond acceptors (Lipinski definition) is 18. The molecule has 486 valence electrons. The van der Waals surface area contributed by atoms with E-state index in [-0.39, 0.29) is 164 Å². The summed E-state index contributed by atoms with van der Waals surface area (Å²) in [5, 5.41) is 31.7. The Labute approximate surface area is 507 Å². The maximum absolute atomic E-state index is 14.6. The molecule has 38 nitrogen and oxygen atoms in total. The van der Waals surface area contributed by atoms with Crippen molar-refractivity contribution in [3.05, 3.63) is 0 Å². The van der Waals surface area contributed by atoms with Crippen molar-refractivity contribution in [2.75, 3.05) is 57.3 Å². The van der Waals surface area contributed by atoms with Gasteiger partial charge in [0.25, 0.3) is 0 Å². The van der Waals surface area contributed by atoms with Gasteiger partial charge in [0.05, 0.1) is 0 Å². The van der Waals surface area contributed by atoms with Crippen LogP contribution in [0.1, 0.15) is 84.0 Å². The summed E-state index contributed by atoms with van der Waals surface area (Å²) in [5.74, 6) is -11.3. The standard InChI is InChI=1S/C46H89N27O11S2/c1-23(74)66-31(22-86)40(84)72-28(12-6-18-63-45(55)56)38(82)70-26(10-4-16-61-43(51)52)36(80)68-24(8-2-14-59-41(47)48)34(78)67-25(9-3-15-60-42(49)50)35(79)69-27(11-5-17-62-44(53)54)37(81)71-29(13-7-19-64-46(57)58)39(83)73-30(21-85)33(77)65-20-32(75)76/h24-31,85-86H,2-22H2,1H3,(H,65,77)(H,66,74)(H,67,78)(H,68,80)(H,69,79)(H,70,82)(H,71,81)(H,72,84)(H,73,83)(H,75,76)(H4,47,48,59)(H4,49,50,60)(H4,51,52,61)(H4,53,54,62)(H4,55,56,63)(H4,57,58,64)/t24-,25-,26-,27-,28-,29-,30-,31-/m0/s1. The van der Waals surface area contributed by atoms with E-state index in [1.54, 1.807) is 0 Å². The Hall–Kier alpha value is -8.98. The molecule has 0 unspecified atom stereocenters. The summed E-state index contributed by atoms with van der Waals surface area (Å²) in [7, 11) is 0. The quantitative estimate of drug-likeness (QED) is 0.0117. The molecule has 0 rings (SSSR count). The highest BCUT2D eigenvalue weighted by Crippen LogP contribution is 2.11. The number of carbonyl (C=O) groups excluding carboxylic acids is 9. The van der Waals surface area contributed by atoms with Crippen molar-refractivity contribution < 1.29 is 53.1 Å². The first-order chi connectivity index (χ1) is 40.5. The molecule has 0 aliphatic rings. The number of thiol groups is 2. The number of carbonyl (C=O) groups is 10. The summed E-state index contributed by atoms with van der Waals surface area (Å²) in [6, 6.07) is -11.4. The molecule has 86 heavy (non-hydrogen) atoms. The zero-order chi connectivity index (χ0) is 65.3. The number of guanidine groups is 6. The number of nitrogens with two attached hydrogens (primary N) is 12. The van der Waals surface area contributed by atoms with Gasteiger partial charge in [0.15, 0.2) is 35.8 Å². The fraction of sp³-hybridized carbons (Fsp3) is 0.652. The summed E-state index contributed by atoms with van der Waals surface area (Å²) < 4.78 is 0. The molecular formula is C46H89N27O11S2. The van der Waals surface area contributed by atoms with Crippen LogP contribution in [0.4, 0.5) is 0 Å². The number of nitrogens with zero attached hydrogens (tertiary/aromatic N) is 6. The van der Waals surface area contributed by atoms with Crippen LogP contribution in [0.3, 0.4) is 0 Å². The minimum absolute atomic E-state index is 0.0101. The zero-order valence-electron chi connectivity index (χ0n) is 48.0. The van der Waals surface area contributed by atoms with Crippen molar-refractivity contribution in [1.82, 2.24) is 47.9 Å². The summed E-state index contributed by atoms with van der Waals surface area (Å²) in [4.78, 5) is 159. The minimum atomic E-state index is -1.53. The van der Waals surface area contributed by atoms with E-state index >= 15 is 0 Å². The van der Waals surface area contributed by atoms with Gasteiger partial charge < -0.3 is 122 Å². The number of aliphatic imine (C=N–C) groups is 6. The second-order valence-electron chi connectivity index (χ2n) is 18.9. The van der Waals surface area contributed by atoms with Crippen LogP contribution in [-0.4, -0.2) is 206 Å².